The predicted molar refractivity (Wildman–Crippen MR) is 64.6 cm³/mol. The minimum atomic E-state index is -0.403. The summed E-state index contributed by atoms with van der Waals surface area (Å²) < 4.78 is 5.27. The largest absolute Gasteiger partial charge is 0.493 e. The molecular weight excluding hydrogens is 220 g/mol. The molecule has 0 bridgehead atoms. The van der Waals surface area contributed by atoms with Crippen molar-refractivity contribution in [1.29, 1.82) is 0 Å². The highest BCUT2D eigenvalue weighted by Gasteiger charge is 1.99. The fourth-order valence-corrected chi connectivity index (χ4v) is 1.10. The zero-order valence-corrected chi connectivity index (χ0v) is 9.31. The number of amides is 2. The van der Waals surface area contributed by atoms with Gasteiger partial charge in [0, 0.05) is 5.69 Å². The third kappa shape index (κ3) is 4.83. The number of carbonyl (C=O) groups excluding carboxylic acids is 2. The average molecular weight is 234 g/mol. The van der Waals surface area contributed by atoms with Crippen LogP contribution in [0.25, 0.3) is 0 Å². The highest BCUT2D eigenvalue weighted by Crippen LogP contribution is 2.15. The van der Waals surface area contributed by atoms with Crippen molar-refractivity contribution in [3.63, 3.8) is 0 Å². The Balaban J connectivity index is 2.47. The van der Waals surface area contributed by atoms with Crippen LogP contribution in [0.3, 0.4) is 0 Å². The zero-order chi connectivity index (χ0) is 12.7. The maximum atomic E-state index is 11.0. The standard InChI is InChI=1S/C12H14N2O3/c1-2-12(16)14-9-3-5-10(6-4-9)17-8-7-11(13)15/h2-6H,1,7-8H2,(H2,13,15)(H,14,16). The molecule has 0 radical (unpaired) electrons. The Morgan fingerprint density at radius 2 is 2.00 bits per heavy atom. The number of nitrogens with two attached hydrogens (primary N) is 1. The van der Waals surface area contributed by atoms with Crippen LogP contribution in [-0.2, 0) is 9.59 Å². The summed E-state index contributed by atoms with van der Waals surface area (Å²) in [6, 6.07) is 6.78. The SMILES string of the molecule is C=CC(=O)Nc1ccc(OCCC(N)=O)cc1. The van der Waals surface area contributed by atoms with E-state index >= 15 is 0 Å². The molecule has 1 aromatic rings. The fourth-order valence-electron chi connectivity index (χ4n) is 1.10. The summed E-state index contributed by atoms with van der Waals surface area (Å²) in [5.41, 5.74) is 5.63. The van der Waals surface area contributed by atoms with Crippen LogP contribution < -0.4 is 15.8 Å². The van der Waals surface area contributed by atoms with Crippen LogP contribution in [0.5, 0.6) is 5.75 Å². The zero-order valence-electron chi connectivity index (χ0n) is 9.31. The summed E-state index contributed by atoms with van der Waals surface area (Å²) in [7, 11) is 0. The molecule has 0 heterocycles. The maximum absolute atomic E-state index is 11.0. The summed E-state index contributed by atoms with van der Waals surface area (Å²) in [5.74, 6) is -0.0601. The lowest BCUT2D eigenvalue weighted by Crippen LogP contribution is -2.14. The van der Waals surface area contributed by atoms with Gasteiger partial charge in [-0.25, -0.2) is 0 Å². The monoisotopic (exact) mass is 234 g/mol. The molecule has 2 amide bonds. The lowest BCUT2D eigenvalue weighted by atomic mass is 10.3. The molecule has 3 N–H and O–H groups in total. The van der Waals surface area contributed by atoms with Gasteiger partial charge in [0.15, 0.2) is 0 Å². The smallest absolute Gasteiger partial charge is 0.247 e. The van der Waals surface area contributed by atoms with Crippen molar-refractivity contribution in [3.05, 3.63) is 36.9 Å². The van der Waals surface area contributed by atoms with E-state index in [4.69, 9.17) is 10.5 Å². The number of hydrogen-bond donors (Lipinski definition) is 2. The lowest BCUT2D eigenvalue weighted by Gasteiger charge is -2.06. The topological polar surface area (TPSA) is 81.4 Å². The molecule has 0 atom stereocenters. The number of anilines is 1. The minimum Gasteiger partial charge on any atom is -0.493 e. The van der Waals surface area contributed by atoms with Crippen LogP contribution in [0.15, 0.2) is 36.9 Å². The Hall–Kier alpha value is -2.30. The minimum absolute atomic E-state index is 0.176. The van der Waals surface area contributed by atoms with Gasteiger partial charge in [0.1, 0.15) is 5.75 Å². The highest BCUT2D eigenvalue weighted by molar-refractivity contribution is 5.98. The Morgan fingerprint density at radius 1 is 1.35 bits per heavy atom. The van der Waals surface area contributed by atoms with E-state index in [1.807, 2.05) is 0 Å². The number of nitrogens with one attached hydrogen (secondary N) is 1. The second kappa shape index (κ2) is 6.32. The van der Waals surface area contributed by atoms with Crippen molar-refractivity contribution in [3.8, 4) is 5.75 Å². The van der Waals surface area contributed by atoms with E-state index in [0.29, 0.717) is 11.4 Å². The number of hydrogen-bond acceptors (Lipinski definition) is 3. The first-order valence-corrected chi connectivity index (χ1v) is 5.06. The summed E-state index contributed by atoms with van der Waals surface area (Å²) >= 11 is 0. The van der Waals surface area contributed by atoms with Gasteiger partial charge in [0.25, 0.3) is 0 Å². The quantitative estimate of drug-likeness (QED) is 0.722. The van der Waals surface area contributed by atoms with Crippen molar-refractivity contribution in [2.75, 3.05) is 11.9 Å². The number of benzene rings is 1. The average Bonchev–Trinajstić information content (AvgIpc) is 2.31. The summed E-state index contributed by atoms with van der Waals surface area (Å²) in [6.45, 7) is 3.59. The van der Waals surface area contributed by atoms with Gasteiger partial charge in [-0.2, -0.15) is 0 Å². The van der Waals surface area contributed by atoms with E-state index in [2.05, 4.69) is 11.9 Å². The van der Waals surface area contributed by atoms with Crippen molar-refractivity contribution in [2.45, 2.75) is 6.42 Å². The Morgan fingerprint density at radius 3 is 2.53 bits per heavy atom. The molecule has 0 aliphatic carbocycles. The van der Waals surface area contributed by atoms with Gasteiger partial charge in [0.05, 0.1) is 13.0 Å². The summed E-state index contributed by atoms with van der Waals surface area (Å²) in [6.07, 6.45) is 1.37. The Labute approximate surface area is 99.3 Å². The van der Waals surface area contributed by atoms with Gasteiger partial charge in [-0.05, 0) is 30.3 Å². The lowest BCUT2D eigenvalue weighted by molar-refractivity contribution is -0.118. The Kier molecular flexibility index (Phi) is 4.75. The number of carbonyl (C=O) groups is 2. The van der Waals surface area contributed by atoms with Crippen LogP contribution in [-0.4, -0.2) is 18.4 Å². The summed E-state index contributed by atoms with van der Waals surface area (Å²) in [5, 5.41) is 2.61. The molecule has 0 saturated heterocycles. The number of ether oxygens (including phenoxy) is 1. The number of primary amides is 1. The van der Waals surface area contributed by atoms with E-state index in [-0.39, 0.29) is 18.9 Å². The van der Waals surface area contributed by atoms with E-state index < -0.39 is 5.91 Å². The van der Waals surface area contributed by atoms with Crippen molar-refractivity contribution in [1.82, 2.24) is 0 Å². The van der Waals surface area contributed by atoms with Crippen LogP contribution >= 0.6 is 0 Å². The molecule has 5 nitrogen and oxygen atoms in total. The van der Waals surface area contributed by atoms with Crippen molar-refractivity contribution >= 4 is 17.5 Å². The van der Waals surface area contributed by atoms with E-state index in [1.54, 1.807) is 24.3 Å². The third-order valence-corrected chi connectivity index (χ3v) is 1.92. The summed E-state index contributed by atoms with van der Waals surface area (Å²) in [4.78, 5) is 21.5. The van der Waals surface area contributed by atoms with E-state index in [0.717, 1.165) is 0 Å². The highest BCUT2D eigenvalue weighted by atomic mass is 16.5. The molecular formula is C12H14N2O3. The third-order valence-electron chi connectivity index (χ3n) is 1.92. The Bertz CT molecular complexity index is 412. The van der Waals surface area contributed by atoms with Crippen LogP contribution in [0.4, 0.5) is 5.69 Å². The molecule has 0 fully saturated rings. The van der Waals surface area contributed by atoms with Crippen LogP contribution in [0, 0.1) is 0 Å². The van der Waals surface area contributed by atoms with Gasteiger partial charge in [-0.1, -0.05) is 6.58 Å². The normalized spacial score (nSPS) is 9.41. The molecule has 0 spiro atoms. The fraction of sp³-hybridized carbons (Fsp3) is 0.167. The maximum Gasteiger partial charge on any atom is 0.247 e. The molecule has 5 heteroatoms. The van der Waals surface area contributed by atoms with Crippen LogP contribution in [0.2, 0.25) is 0 Å². The van der Waals surface area contributed by atoms with Crippen LogP contribution in [0.1, 0.15) is 6.42 Å². The first-order chi connectivity index (χ1) is 8.11. The molecule has 0 aliphatic rings. The van der Waals surface area contributed by atoms with Gasteiger partial charge in [-0.15, -0.1) is 0 Å². The second-order valence-electron chi connectivity index (χ2n) is 3.28. The van der Waals surface area contributed by atoms with Gasteiger partial charge in [0.2, 0.25) is 11.8 Å². The molecule has 0 aromatic heterocycles. The molecule has 90 valence electrons. The van der Waals surface area contributed by atoms with E-state index in [9.17, 15) is 9.59 Å². The molecule has 0 unspecified atom stereocenters. The molecule has 1 rings (SSSR count). The first kappa shape index (κ1) is 12.8. The van der Waals surface area contributed by atoms with Crippen molar-refractivity contribution < 1.29 is 14.3 Å². The molecule has 17 heavy (non-hydrogen) atoms. The molecule has 1 aromatic carbocycles. The van der Waals surface area contributed by atoms with E-state index in [1.165, 1.54) is 6.08 Å². The van der Waals surface area contributed by atoms with Gasteiger partial charge < -0.3 is 15.8 Å². The predicted octanol–water partition coefficient (Wildman–Crippen LogP) is 1.07. The van der Waals surface area contributed by atoms with Gasteiger partial charge >= 0.3 is 0 Å². The first-order valence-electron chi connectivity index (χ1n) is 5.06. The van der Waals surface area contributed by atoms with Gasteiger partial charge in [-0.3, -0.25) is 9.59 Å². The number of rotatable bonds is 6. The van der Waals surface area contributed by atoms with Crippen molar-refractivity contribution in [2.24, 2.45) is 5.73 Å². The second-order valence-corrected chi connectivity index (χ2v) is 3.28. The molecule has 0 saturated carbocycles. The molecule has 0 aliphatic heterocycles.